The van der Waals surface area contributed by atoms with Crippen LogP contribution in [0.3, 0.4) is 0 Å². The number of alkyl carbamates (subject to hydrolysis) is 2. The smallest absolute Gasteiger partial charge is 0.407 e. The van der Waals surface area contributed by atoms with E-state index in [1.165, 1.54) is 0 Å². The number of hydrogen-bond donors (Lipinski definition) is 2. The molecule has 12 heteroatoms. The number of ether oxygens (including phenoxy) is 8. The third-order valence-electron chi connectivity index (χ3n) is 8.59. The minimum absolute atomic E-state index is 0.0903. The number of methoxy groups -OCH3 is 2. The molecule has 0 saturated carbocycles. The second-order valence-electron chi connectivity index (χ2n) is 12.7. The van der Waals surface area contributed by atoms with Crippen LogP contribution in [-0.2, 0) is 64.0 Å². The maximum absolute atomic E-state index is 13.4. The van der Waals surface area contributed by atoms with Crippen LogP contribution in [0.15, 0.2) is 121 Å². The Kier molecular flexibility index (Phi) is 20.3. The quantitative estimate of drug-likeness (QED) is 0.0543. The normalized spacial score (nSPS) is 13.3. The summed E-state index contributed by atoms with van der Waals surface area (Å²) in [4.78, 5) is 26.9. The highest BCUT2D eigenvalue weighted by Crippen LogP contribution is 2.21. The first kappa shape index (κ1) is 42.9. The van der Waals surface area contributed by atoms with Crippen molar-refractivity contribution in [3.8, 4) is 0 Å². The fraction of sp³-hybridized carbons (Fsp3) is 0.395. The molecule has 2 N–H and O–H groups in total. The van der Waals surface area contributed by atoms with Gasteiger partial charge in [0.05, 0.1) is 50.7 Å². The summed E-state index contributed by atoms with van der Waals surface area (Å²) in [7, 11) is 3.19. The zero-order valence-electron chi connectivity index (χ0n) is 31.7. The van der Waals surface area contributed by atoms with Crippen molar-refractivity contribution in [3.63, 3.8) is 0 Å². The highest BCUT2D eigenvalue weighted by atomic mass is 16.7. The van der Waals surface area contributed by atoms with Gasteiger partial charge in [-0.3, -0.25) is 0 Å². The molecule has 0 radical (unpaired) electrons. The van der Waals surface area contributed by atoms with Gasteiger partial charge in [0.25, 0.3) is 0 Å². The first-order valence-electron chi connectivity index (χ1n) is 18.4. The largest absolute Gasteiger partial charge is 0.445 e. The van der Waals surface area contributed by atoms with Crippen molar-refractivity contribution in [2.24, 2.45) is 0 Å². The van der Waals surface area contributed by atoms with Gasteiger partial charge in [-0.25, -0.2) is 9.59 Å². The average molecular weight is 759 g/mol. The Morgan fingerprint density at radius 1 is 0.491 bits per heavy atom. The first-order valence-corrected chi connectivity index (χ1v) is 18.4. The summed E-state index contributed by atoms with van der Waals surface area (Å²) in [5.41, 5.74) is 3.64. The molecule has 0 fully saturated rings. The average Bonchev–Trinajstić information content (AvgIpc) is 3.22. The van der Waals surface area contributed by atoms with Crippen molar-refractivity contribution >= 4 is 12.2 Å². The summed E-state index contributed by atoms with van der Waals surface area (Å²) >= 11 is 0. The molecule has 0 aliphatic heterocycles. The lowest BCUT2D eigenvalue weighted by atomic mass is 9.92. The third kappa shape index (κ3) is 17.5. The Balaban J connectivity index is 1.63. The number of benzene rings is 4. The Morgan fingerprint density at radius 3 is 1.18 bits per heavy atom. The van der Waals surface area contributed by atoms with Crippen molar-refractivity contribution in [3.05, 3.63) is 144 Å². The van der Waals surface area contributed by atoms with Crippen LogP contribution in [0.1, 0.15) is 28.7 Å². The summed E-state index contributed by atoms with van der Waals surface area (Å²) in [6.07, 6.45) is -1.61. The maximum atomic E-state index is 13.4. The molecule has 4 aromatic rings. The van der Waals surface area contributed by atoms with Crippen LogP contribution in [0.4, 0.5) is 9.59 Å². The van der Waals surface area contributed by atoms with Crippen molar-refractivity contribution < 1.29 is 47.5 Å². The molecule has 2 amide bonds. The highest BCUT2D eigenvalue weighted by molar-refractivity contribution is 5.68. The molecule has 0 aromatic heterocycles. The van der Waals surface area contributed by atoms with Crippen LogP contribution in [0.5, 0.6) is 0 Å². The molecule has 0 aliphatic carbocycles. The van der Waals surface area contributed by atoms with Gasteiger partial charge in [-0.1, -0.05) is 121 Å². The summed E-state index contributed by atoms with van der Waals surface area (Å²) in [6, 6.07) is 37.2. The van der Waals surface area contributed by atoms with E-state index in [2.05, 4.69) is 10.6 Å². The van der Waals surface area contributed by atoms with Crippen LogP contribution >= 0.6 is 0 Å². The van der Waals surface area contributed by atoms with Crippen LogP contribution in [-0.4, -0.2) is 90.7 Å². The van der Waals surface area contributed by atoms with E-state index in [1.807, 2.05) is 121 Å². The molecule has 4 atom stereocenters. The van der Waals surface area contributed by atoms with Gasteiger partial charge in [0.1, 0.15) is 26.8 Å². The monoisotopic (exact) mass is 758 g/mol. The fourth-order valence-corrected chi connectivity index (χ4v) is 5.72. The van der Waals surface area contributed by atoms with E-state index in [9.17, 15) is 9.59 Å². The molecule has 0 unspecified atom stereocenters. The predicted octanol–water partition coefficient (Wildman–Crippen LogP) is 6.46. The molecule has 296 valence electrons. The van der Waals surface area contributed by atoms with Crippen molar-refractivity contribution in [1.82, 2.24) is 10.6 Å². The van der Waals surface area contributed by atoms with E-state index in [1.54, 1.807) is 14.2 Å². The molecule has 55 heavy (non-hydrogen) atoms. The minimum atomic E-state index is -0.698. The van der Waals surface area contributed by atoms with Gasteiger partial charge in [-0.15, -0.1) is 0 Å². The lowest BCUT2D eigenvalue weighted by Gasteiger charge is -2.34. The van der Waals surface area contributed by atoms with Crippen molar-refractivity contribution in [2.45, 2.75) is 56.8 Å². The molecule has 4 rings (SSSR count). The highest BCUT2D eigenvalue weighted by Gasteiger charge is 2.34. The minimum Gasteiger partial charge on any atom is -0.445 e. The summed E-state index contributed by atoms with van der Waals surface area (Å²) < 4.78 is 46.0. The fourth-order valence-electron chi connectivity index (χ4n) is 5.72. The Morgan fingerprint density at radius 2 is 0.836 bits per heavy atom. The van der Waals surface area contributed by atoms with Gasteiger partial charge in [0, 0.05) is 20.6 Å². The molecular formula is C43H54N2O10. The number of hydrogen-bond acceptors (Lipinski definition) is 10. The topological polar surface area (TPSA) is 132 Å². The summed E-state index contributed by atoms with van der Waals surface area (Å²) in [5.74, 6) is 0. The third-order valence-corrected chi connectivity index (χ3v) is 8.59. The molecule has 0 spiro atoms. The molecule has 0 heterocycles. The summed E-state index contributed by atoms with van der Waals surface area (Å²) in [5, 5.41) is 6.13. The van der Waals surface area contributed by atoms with E-state index in [0.717, 1.165) is 22.3 Å². The van der Waals surface area contributed by atoms with Gasteiger partial charge in [-0.05, 0) is 35.1 Å². The van der Waals surface area contributed by atoms with E-state index in [0.29, 0.717) is 39.3 Å². The second kappa shape index (κ2) is 26.1. The molecule has 0 saturated heterocycles. The van der Waals surface area contributed by atoms with E-state index < -0.39 is 36.5 Å². The Bertz CT molecular complexity index is 1470. The molecule has 12 nitrogen and oxygen atoms in total. The standard InChI is InChI=1S/C43H54N2O10/c1-48-23-25-50-32-54-40(38(27-34-15-7-3-8-16-34)44-42(46)52-30-36-19-11-5-12-20-36)29-41(55-33-51-26-24-49-2)39(28-35-17-9-4-10-18-35)45-43(47)53-31-37-21-13-6-14-22-37/h3-22,38-41H,23-33H2,1-2H3,(H,44,46)(H,45,47)/t38-,39-,40-,41-/m1/s1. The van der Waals surface area contributed by atoms with Crippen LogP contribution in [0, 0.1) is 0 Å². The van der Waals surface area contributed by atoms with Crippen LogP contribution < -0.4 is 10.6 Å². The number of carbonyl (C=O) groups excluding carboxylic acids is 2. The summed E-state index contributed by atoms with van der Waals surface area (Å²) in [6.45, 7) is 1.37. The van der Waals surface area contributed by atoms with Crippen LogP contribution in [0.2, 0.25) is 0 Å². The van der Waals surface area contributed by atoms with E-state index in [4.69, 9.17) is 37.9 Å². The molecule has 0 aliphatic rings. The van der Waals surface area contributed by atoms with E-state index in [-0.39, 0.29) is 33.2 Å². The van der Waals surface area contributed by atoms with Crippen molar-refractivity contribution in [2.75, 3.05) is 54.2 Å². The number of nitrogens with one attached hydrogen (secondary N) is 2. The Labute approximate surface area is 324 Å². The molecule has 4 aromatic carbocycles. The Hall–Kier alpha value is -4.82. The SMILES string of the molecule is COCCOCO[C@H](C[C@@H](OCOCCOC)[C@@H](Cc1ccccc1)NC(=O)OCc1ccccc1)[C@@H](Cc1ccccc1)NC(=O)OCc1ccccc1. The van der Waals surface area contributed by atoms with E-state index >= 15 is 0 Å². The van der Waals surface area contributed by atoms with Gasteiger partial charge >= 0.3 is 12.2 Å². The molecular weight excluding hydrogens is 704 g/mol. The zero-order valence-corrected chi connectivity index (χ0v) is 31.7. The van der Waals surface area contributed by atoms with Gasteiger partial charge in [0.15, 0.2) is 0 Å². The first-order chi connectivity index (χ1) is 27.0. The zero-order chi connectivity index (χ0) is 38.8. The maximum Gasteiger partial charge on any atom is 0.407 e. The predicted molar refractivity (Wildman–Crippen MR) is 207 cm³/mol. The number of carbonyl (C=O) groups is 2. The van der Waals surface area contributed by atoms with Crippen molar-refractivity contribution in [1.29, 1.82) is 0 Å². The van der Waals surface area contributed by atoms with Gasteiger partial charge < -0.3 is 48.5 Å². The second-order valence-corrected chi connectivity index (χ2v) is 12.7. The lowest BCUT2D eigenvalue weighted by molar-refractivity contribution is -0.144. The number of amides is 2. The lowest BCUT2D eigenvalue weighted by Crippen LogP contribution is -2.52. The van der Waals surface area contributed by atoms with Gasteiger partial charge in [0.2, 0.25) is 0 Å². The molecule has 0 bridgehead atoms. The van der Waals surface area contributed by atoms with Crippen LogP contribution in [0.25, 0.3) is 0 Å². The number of rotatable bonds is 26. The van der Waals surface area contributed by atoms with Gasteiger partial charge in [-0.2, -0.15) is 0 Å².